The fraction of sp³-hybridized carbons (Fsp3) is 0.883. The largest absolute Gasteiger partial charge is 0.462 e. The van der Waals surface area contributed by atoms with Crippen LogP contribution in [0.4, 0.5) is 0 Å². The van der Waals surface area contributed by atoms with Crippen LogP contribution in [0, 0.1) is 39.9 Å². The SMILES string of the molecule is C=C(CCC(=O)OC1CCC2(C)C(=CCC3(C)C4CCCC4(C)CCC23N)C1)C(C)CCOCCOCCOC(COCCCCCCCCC=CCCCCCCCC)CC1CCCC1C. The summed E-state index contributed by atoms with van der Waals surface area (Å²) in [6, 6.07) is 0. The summed E-state index contributed by atoms with van der Waals surface area (Å²) in [4.78, 5) is 13.1. The van der Waals surface area contributed by atoms with Gasteiger partial charge in [-0.3, -0.25) is 4.79 Å². The quantitative estimate of drug-likeness (QED) is 0.0385. The summed E-state index contributed by atoms with van der Waals surface area (Å²) in [7, 11) is 0. The molecule has 0 bridgehead atoms. The Morgan fingerprint density at radius 3 is 2.18 bits per heavy atom. The lowest BCUT2D eigenvalue weighted by Gasteiger charge is -2.68. The van der Waals surface area contributed by atoms with E-state index in [1.807, 2.05) is 0 Å². The first-order valence-corrected chi connectivity index (χ1v) is 28.7. The Kier molecular flexibility index (Phi) is 24.5. The van der Waals surface area contributed by atoms with Crippen LogP contribution in [0.25, 0.3) is 0 Å². The molecular weight excluding hydrogens is 831 g/mol. The molecule has 10 atom stereocenters. The summed E-state index contributed by atoms with van der Waals surface area (Å²) >= 11 is 0. The highest BCUT2D eigenvalue weighted by molar-refractivity contribution is 5.70. The minimum absolute atomic E-state index is 0.0186. The molecule has 10 unspecified atom stereocenters. The van der Waals surface area contributed by atoms with Crippen LogP contribution in [0.2, 0.25) is 0 Å². The highest BCUT2D eigenvalue weighted by atomic mass is 16.6. The zero-order valence-electron chi connectivity index (χ0n) is 44.6. The number of carbonyl (C=O) groups excluding carboxylic acids is 1. The van der Waals surface area contributed by atoms with Gasteiger partial charge in [0.2, 0.25) is 0 Å². The van der Waals surface area contributed by atoms with Gasteiger partial charge >= 0.3 is 5.97 Å². The van der Waals surface area contributed by atoms with Crippen molar-refractivity contribution in [1.82, 2.24) is 0 Å². The van der Waals surface area contributed by atoms with Crippen LogP contribution in [-0.4, -0.2) is 70.0 Å². The second-order valence-electron chi connectivity index (χ2n) is 23.6. The van der Waals surface area contributed by atoms with Crippen molar-refractivity contribution in [2.75, 3.05) is 46.2 Å². The van der Waals surface area contributed by atoms with Gasteiger partial charge in [0, 0.05) is 37.0 Å². The maximum Gasteiger partial charge on any atom is 0.306 e. The molecule has 0 spiro atoms. The average molecular weight is 937 g/mol. The van der Waals surface area contributed by atoms with Crippen molar-refractivity contribution in [3.8, 4) is 0 Å². The zero-order valence-corrected chi connectivity index (χ0v) is 44.6. The molecule has 2 N–H and O–H groups in total. The van der Waals surface area contributed by atoms with E-state index in [0.29, 0.717) is 63.8 Å². The van der Waals surface area contributed by atoms with Crippen molar-refractivity contribution in [1.29, 1.82) is 0 Å². The van der Waals surface area contributed by atoms with E-state index in [0.717, 1.165) is 75.4 Å². The van der Waals surface area contributed by atoms with E-state index in [4.69, 9.17) is 29.4 Å². The normalized spacial score (nSPS) is 31.3. The van der Waals surface area contributed by atoms with Crippen molar-refractivity contribution < 1.29 is 28.5 Å². The number of rotatable bonds is 35. The second-order valence-corrected chi connectivity index (χ2v) is 23.6. The Hall–Kier alpha value is -1.51. The lowest BCUT2D eigenvalue weighted by Crippen LogP contribution is -2.72. The summed E-state index contributed by atoms with van der Waals surface area (Å²) in [5, 5.41) is 0. The molecule has 0 heterocycles. The van der Waals surface area contributed by atoms with Gasteiger partial charge in [-0.1, -0.05) is 161 Å². The van der Waals surface area contributed by atoms with Gasteiger partial charge < -0.3 is 29.4 Å². The monoisotopic (exact) mass is 936 g/mol. The van der Waals surface area contributed by atoms with Crippen molar-refractivity contribution >= 4 is 5.97 Å². The number of allylic oxidation sites excluding steroid dienone is 4. The second kappa shape index (κ2) is 29.1. The molecule has 4 fully saturated rings. The summed E-state index contributed by atoms with van der Waals surface area (Å²) in [6.07, 6.45) is 43.2. The zero-order chi connectivity index (χ0) is 48.0. The van der Waals surface area contributed by atoms with E-state index >= 15 is 0 Å². The third kappa shape index (κ3) is 16.5. The summed E-state index contributed by atoms with van der Waals surface area (Å²) < 4.78 is 30.6. The van der Waals surface area contributed by atoms with E-state index in [2.05, 4.69) is 66.3 Å². The fourth-order valence-electron chi connectivity index (χ4n) is 13.9. The molecule has 67 heavy (non-hydrogen) atoms. The van der Waals surface area contributed by atoms with Gasteiger partial charge in [-0.2, -0.15) is 0 Å². The minimum atomic E-state index is -0.191. The number of carbonyl (C=O) groups is 1. The molecule has 0 radical (unpaired) electrons. The Balaban J connectivity index is 0.854. The molecule has 0 aromatic rings. The number of hydrogen-bond donors (Lipinski definition) is 1. The van der Waals surface area contributed by atoms with Gasteiger partial charge in [-0.05, 0) is 131 Å². The molecular formula is C60H105NO6. The van der Waals surface area contributed by atoms with Crippen LogP contribution >= 0.6 is 0 Å². The molecule has 0 saturated heterocycles. The van der Waals surface area contributed by atoms with Gasteiger partial charge in [0.05, 0.1) is 39.1 Å². The summed E-state index contributed by atoms with van der Waals surface area (Å²) in [5.41, 5.74) is 10.6. The third-order valence-corrected chi connectivity index (χ3v) is 18.8. The molecule has 0 aromatic carbocycles. The maximum atomic E-state index is 13.1. The lowest BCUT2D eigenvalue weighted by molar-refractivity contribution is -0.154. The van der Waals surface area contributed by atoms with E-state index in [9.17, 15) is 4.79 Å². The Morgan fingerprint density at radius 2 is 1.46 bits per heavy atom. The number of ether oxygens (including phenoxy) is 5. The molecule has 7 heteroatoms. The third-order valence-electron chi connectivity index (χ3n) is 18.8. The first-order valence-electron chi connectivity index (χ1n) is 28.7. The molecule has 0 aromatic heterocycles. The Labute approximate surface area is 412 Å². The van der Waals surface area contributed by atoms with Crippen molar-refractivity contribution in [2.45, 2.75) is 252 Å². The van der Waals surface area contributed by atoms with E-state index in [-0.39, 0.29) is 40.5 Å². The van der Waals surface area contributed by atoms with Crippen LogP contribution in [0.15, 0.2) is 36.0 Å². The van der Waals surface area contributed by atoms with Crippen LogP contribution < -0.4 is 5.73 Å². The molecule has 5 aliphatic rings. The predicted molar refractivity (Wildman–Crippen MR) is 279 cm³/mol. The number of nitrogens with two attached hydrogens (primary N) is 1. The molecule has 0 aliphatic heterocycles. The highest BCUT2D eigenvalue weighted by Crippen LogP contribution is 2.70. The van der Waals surface area contributed by atoms with Crippen molar-refractivity contribution in [3.63, 3.8) is 0 Å². The molecule has 5 aliphatic carbocycles. The predicted octanol–water partition coefficient (Wildman–Crippen LogP) is 15.4. The highest BCUT2D eigenvalue weighted by Gasteiger charge is 2.68. The van der Waals surface area contributed by atoms with Crippen LogP contribution in [0.5, 0.6) is 0 Å². The number of fused-ring (bicyclic) bond motifs is 5. The van der Waals surface area contributed by atoms with Crippen molar-refractivity contribution in [3.05, 3.63) is 36.0 Å². The van der Waals surface area contributed by atoms with E-state index in [1.165, 1.54) is 134 Å². The molecule has 0 amide bonds. The van der Waals surface area contributed by atoms with Crippen LogP contribution in [-0.2, 0) is 28.5 Å². The topological polar surface area (TPSA) is 89.2 Å². The van der Waals surface area contributed by atoms with Gasteiger partial charge in [-0.25, -0.2) is 0 Å². The van der Waals surface area contributed by atoms with Gasteiger partial charge in [-0.15, -0.1) is 0 Å². The van der Waals surface area contributed by atoms with Crippen LogP contribution in [0.3, 0.4) is 0 Å². The Bertz CT molecular complexity index is 1490. The molecule has 4 saturated carbocycles. The summed E-state index contributed by atoms with van der Waals surface area (Å²) in [6.45, 7) is 23.2. The maximum absolute atomic E-state index is 13.1. The molecule has 5 rings (SSSR count). The summed E-state index contributed by atoms with van der Waals surface area (Å²) in [5.74, 6) is 2.41. The van der Waals surface area contributed by atoms with Crippen LogP contribution in [0.1, 0.15) is 234 Å². The number of esters is 1. The first kappa shape index (κ1) is 56.4. The standard InChI is InChI=1S/C60H105NO6/c1-8-9-10-11-12-13-14-15-16-17-18-19-20-21-22-23-39-65-47-54(45-51-27-24-26-50(51)4)66-44-43-64-42-41-63-40-33-49(3)48(2)29-30-56(62)67-53-32-36-58(6)52(46-53)31-35-59(7)55-28-25-34-57(55,5)37-38-60(58,59)61/h15-16,31,49-51,53-55H,2,8-14,17-30,32-47,61H2,1,3-7H3. The van der Waals surface area contributed by atoms with Gasteiger partial charge in [0.25, 0.3) is 0 Å². The lowest BCUT2D eigenvalue weighted by atomic mass is 9.39. The number of unbranched alkanes of at least 4 members (excludes halogenated alkanes) is 12. The van der Waals surface area contributed by atoms with Gasteiger partial charge in [0.1, 0.15) is 6.10 Å². The fourth-order valence-corrected chi connectivity index (χ4v) is 13.9. The minimum Gasteiger partial charge on any atom is -0.462 e. The van der Waals surface area contributed by atoms with Crippen molar-refractivity contribution in [2.24, 2.45) is 45.7 Å². The number of hydrogen-bond acceptors (Lipinski definition) is 7. The average Bonchev–Trinajstić information content (AvgIpc) is 3.92. The first-order chi connectivity index (χ1) is 32.3. The molecule has 7 nitrogen and oxygen atoms in total. The van der Waals surface area contributed by atoms with E-state index in [1.54, 1.807) is 0 Å². The smallest absolute Gasteiger partial charge is 0.306 e. The van der Waals surface area contributed by atoms with Gasteiger partial charge in [0.15, 0.2) is 0 Å². The van der Waals surface area contributed by atoms with E-state index < -0.39 is 0 Å². The Morgan fingerprint density at radius 1 is 0.776 bits per heavy atom. The molecule has 386 valence electrons.